The Morgan fingerprint density at radius 2 is 1.48 bits per heavy atom. The van der Waals surface area contributed by atoms with Crippen LogP contribution in [0.2, 0.25) is 0 Å². The summed E-state index contributed by atoms with van der Waals surface area (Å²) in [5.41, 5.74) is 0.644. The molecule has 0 aliphatic carbocycles. The van der Waals surface area contributed by atoms with Crippen molar-refractivity contribution in [3.8, 4) is 22.6 Å². The Hall–Kier alpha value is -3.06. The lowest BCUT2D eigenvalue weighted by Crippen LogP contribution is -2.04. The molecule has 0 aliphatic rings. The zero-order valence-electron chi connectivity index (χ0n) is 15.3. The molecule has 0 atom stereocenters. The van der Waals surface area contributed by atoms with E-state index in [4.69, 9.17) is 4.74 Å². The quantitative estimate of drug-likeness (QED) is 0.477. The van der Waals surface area contributed by atoms with E-state index in [0.29, 0.717) is 16.9 Å². The highest BCUT2D eigenvalue weighted by Gasteiger charge is 2.30. The van der Waals surface area contributed by atoms with Crippen LogP contribution in [0.3, 0.4) is 0 Å². The Balaban J connectivity index is 1.90. The molecule has 7 heteroatoms. The zero-order chi connectivity index (χ0) is 21.1. The van der Waals surface area contributed by atoms with Crippen molar-refractivity contribution in [2.45, 2.75) is 18.0 Å². The van der Waals surface area contributed by atoms with Gasteiger partial charge in [-0.15, -0.1) is 0 Å². The van der Waals surface area contributed by atoms with E-state index >= 15 is 0 Å². The van der Waals surface area contributed by atoms with E-state index in [2.05, 4.69) is 0 Å². The van der Waals surface area contributed by atoms with Crippen LogP contribution in [-0.4, -0.2) is 8.42 Å². The van der Waals surface area contributed by atoms with E-state index in [1.54, 1.807) is 43.3 Å². The normalized spacial score (nSPS) is 12.3. The van der Waals surface area contributed by atoms with E-state index in [-0.39, 0.29) is 10.6 Å². The summed E-state index contributed by atoms with van der Waals surface area (Å²) in [7, 11) is -3.49. The molecule has 3 rings (SSSR count). The first kappa shape index (κ1) is 20.7. The van der Waals surface area contributed by atoms with Crippen molar-refractivity contribution in [1.82, 2.24) is 0 Å². The Kier molecular flexibility index (Phi) is 5.79. The largest absolute Gasteiger partial charge is 0.457 e. The fourth-order valence-corrected chi connectivity index (χ4v) is 3.75. The molecule has 0 heterocycles. The molecule has 0 radical (unpaired) electrons. The van der Waals surface area contributed by atoms with Crippen LogP contribution in [0.15, 0.2) is 89.2 Å². The number of allylic oxidation sites excluding steroid dienone is 1. The lowest BCUT2D eigenvalue weighted by Gasteiger charge is -2.13. The Morgan fingerprint density at radius 1 is 0.862 bits per heavy atom. The molecule has 0 saturated carbocycles. The lowest BCUT2D eigenvalue weighted by atomic mass is 10.0. The maximum atomic E-state index is 12.7. The van der Waals surface area contributed by atoms with Gasteiger partial charge in [0, 0.05) is 11.0 Å². The molecule has 0 bridgehead atoms. The molecule has 3 aromatic rings. The number of sulfone groups is 1. The average Bonchev–Trinajstić information content (AvgIpc) is 2.68. The molecule has 0 unspecified atom stereocenters. The van der Waals surface area contributed by atoms with Crippen LogP contribution < -0.4 is 4.74 Å². The minimum absolute atomic E-state index is 0.167. The van der Waals surface area contributed by atoms with Gasteiger partial charge in [0.15, 0.2) is 9.84 Å². The van der Waals surface area contributed by atoms with Crippen LogP contribution in [0.25, 0.3) is 11.1 Å². The molecule has 0 saturated heterocycles. The van der Waals surface area contributed by atoms with Crippen molar-refractivity contribution in [2.24, 2.45) is 0 Å². The molecular formula is C22H17F3O3S. The SMILES string of the molecule is C/C=C/S(=O)(=O)c1ccc(-c2ccccc2Oc2ccc(C(F)(F)F)cc2)cc1. The van der Waals surface area contributed by atoms with Crippen LogP contribution in [0.5, 0.6) is 11.5 Å². The maximum Gasteiger partial charge on any atom is 0.416 e. The summed E-state index contributed by atoms with van der Waals surface area (Å²) in [6.07, 6.45) is -2.96. The van der Waals surface area contributed by atoms with Crippen molar-refractivity contribution in [3.63, 3.8) is 0 Å². The van der Waals surface area contributed by atoms with Gasteiger partial charge in [-0.05, 0) is 55.0 Å². The van der Waals surface area contributed by atoms with Gasteiger partial charge in [0.05, 0.1) is 10.5 Å². The van der Waals surface area contributed by atoms with Crippen molar-refractivity contribution >= 4 is 9.84 Å². The molecule has 0 aliphatic heterocycles. The number of alkyl halides is 3. The summed E-state index contributed by atoms with van der Waals surface area (Å²) in [6.45, 7) is 1.63. The summed E-state index contributed by atoms with van der Waals surface area (Å²) in [4.78, 5) is 0.167. The number of ether oxygens (including phenoxy) is 1. The third-order valence-corrected chi connectivity index (χ3v) is 5.67. The van der Waals surface area contributed by atoms with Gasteiger partial charge in [0.25, 0.3) is 0 Å². The van der Waals surface area contributed by atoms with E-state index in [1.165, 1.54) is 30.3 Å². The van der Waals surface area contributed by atoms with Gasteiger partial charge >= 0.3 is 6.18 Å². The second-order valence-electron chi connectivity index (χ2n) is 6.16. The first-order valence-electron chi connectivity index (χ1n) is 8.63. The van der Waals surface area contributed by atoms with Gasteiger partial charge in [-0.3, -0.25) is 0 Å². The van der Waals surface area contributed by atoms with Gasteiger partial charge in [0.1, 0.15) is 11.5 Å². The molecule has 0 fully saturated rings. The third kappa shape index (κ3) is 4.86. The van der Waals surface area contributed by atoms with E-state index in [1.807, 2.05) is 0 Å². The topological polar surface area (TPSA) is 43.4 Å². The van der Waals surface area contributed by atoms with Crippen LogP contribution >= 0.6 is 0 Å². The summed E-state index contributed by atoms with van der Waals surface area (Å²) in [5, 5.41) is 1.13. The summed E-state index contributed by atoms with van der Waals surface area (Å²) in [6, 6.07) is 17.8. The second-order valence-corrected chi connectivity index (χ2v) is 7.99. The fourth-order valence-electron chi connectivity index (χ4n) is 2.71. The number of para-hydroxylation sites is 1. The van der Waals surface area contributed by atoms with Gasteiger partial charge in [-0.2, -0.15) is 13.2 Å². The van der Waals surface area contributed by atoms with Crippen molar-refractivity contribution < 1.29 is 26.3 Å². The van der Waals surface area contributed by atoms with Crippen LogP contribution in [0, 0.1) is 0 Å². The van der Waals surface area contributed by atoms with E-state index in [0.717, 1.165) is 17.5 Å². The molecule has 3 nitrogen and oxygen atoms in total. The zero-order valence-corrected chi connectivity index (χ0v) is 16.2. The number of hydrogen-bond acceptors (Lipinski definition) is 3. The van der Waals surface area contributed by atoms with E-state index < -0.39 is 21.6 Å². The predicted octanol–water partition coefficient (Wildman–Crippen LogP) is 6.47. The van der Waals surface area contributed by atoms with Crippen molar-refractivity contribution in [2.75, 3.05) is 0 Å². The number of rotatable bonds is 5. The molecule has 3 aromatic carbocycles. The lowest BCUT2D eigenvalue weighted by molar-refractivity contribution is -0.137. The molecule has 29 heavy (non-hydrogen) atoms. The number of benzene rings is 3. The van der Waals surface area contributed by atoms with Crippen molar-refractivity contribution in [1.29, 1.82) is 0 Å². The Morgan fingerprint density at radius 3 is 2.07 bits per heavy atom. The average molecular weight is 418 g/mol. The minimum atomic E-state index is -4.41. The molecule has 0 N–H and O–H groups in total. The predicted molar refractivity (Wildman–Crippen MR) is 105 cm³/mol. The molecular weight excluding hydrogens is 401 g/mol. The Bertz CT molecular complexity index is 1120. The molecule has 150 valence electrons. The molecule has 0 amide bonds. The monoisotopic (exact) mass is 418 g/mol. The van der Waals surface area contributed by atoms with Crippen LogP contribution in [0.1, 0.15) is 12.5 Å². The molecule has 0 aromatic heterocycles. The maximum absolute atomic E-state index is 12.7. The summed E-state index contributed by atoms with van der Waals surface area (Å²) >= 11 is 0. The van der Waals surface area contributed by atoms with Crippen LogP contribution in [0.4, 0.5) is 13.2 Å². The minimum Gasteiger partial charge on any atom is -0.457 e. The first-order valence-corrected chi connectivity index (χ1v) is 10.2. The first-order chi connectivity index (χ1) is 13.7. The third-order valence-electron chi connectivity index (χ3n) is 4.11. The molecule has 0 spiro atoms. The van der Waals surface area contributed by atoms with Crippen molar-refractivity contribution in [3.05, 3.63) is 89.8 Å². The van der Waals surface area contributed by atoms with Gasteiger partial charge in [-0.1, -0.05) is 36.4 Å². The highest BCUT2D eigenvalue weighted by atomic mass is 32.2. The highest BCUT2D eigenvalue weighted by Crippen LogP contribution is 2.35. The fraction of sp³-hybridized carbons (Fsp3) is 0.0909. The smallest absolute Gasteiger partial charge is 0.416 e. The number of halogens is 3. The number of hydrogen-bond donors (Lipinski definition) is 0. The van der Waals surface area contributed by atoms with Gasteiger partial charge < -0.3 is 4.74 Å². The van der Waals surface area contributed by atoms with Crippen LogP contribution in [-0.2, 0) is 16.0 Å². The van der Waals surface area contributed by atoms with Gasteiger partial charge in [0.2, 0.25) is 0 Å². The summed E-state index contributed by atoms with van der Waals surface area (Å²) < 4.78 is 68.1. The summed E-state index contributed by atoms with van der Waals surface area (Å²) in [5.74, 6) is 0.703. The highest BCUT2D eigenvalue weighted by molar-refractivity contribution is 7.94. The van der Waals surface area contributed by atoms with Gasteiger partial charge in [-0.25, -0.2) is 8.42 Å². The second kappa shape index (κ2) is 8.13. The Labute approximate surface area is 167 Å². The van der Waals surface area contributed by atoms with E-state index in [9.17, 15) is 21.6 Å². The standard InChI is InChI=1S/C22H17F3O3S/c1-2-15-29(26,27)19-13-7-16(8-14-19)20-5-3-4-6-21(20)28-18-11-9-17(10-12-18)22(23,24)25/h2-15H,1H3/b15-2+.